The molecule has 2 rings (SSSR count). The van der Waals surface area contributed by atoms with E-state index in [0.29, 0.717) is 28.6 Å². The summed E-state index contributed by atoms with van der Waals surface area (Å²) < 4.78 is 5.56. The summed E-state index contributed by atoms with van der Waals surface area (Å²) in [5.41, 5.74) is 0. The van der Waals surface area contributed by atoms with Crippen LogP contribution in [0.4, 0.5) is 0 Å². The van der Waals surface area contributed by atoms with Crippen molar-refractivity contribution in [3.8, 4) is 5.75 Å². The molecule has 1 aliphatic rings. The molecule has 0 bridgehead atoms. The normalized spacial score (nSPS) is 23.6. The van der Waals surface area contributed by atoms with Crippen molar-refractivity contribution in [2.24, 2.45) is 5.92 Å². The van der Waals surface area contributed by atoms with Gasteiger partial charge in [-0.1, -0.05) is 23.2 Å². The Morgan fingerprint density at radius 3 is 2.69 bits per heavy atom. The second-order valence-electron chi connectivity index (χ2n) is 3.82. The minimum Gasteiger partial charge on any atom is -0.489 e. The molecule has 16 heavy (non-hydrogen) atoms. The molecule has 0 unspecified atom stereocenters. The van der Waals surface area contributed by atoms with Crippen molar-refractivity contribution < 1.29 is 14.6 Å². The molecule has 1 fully saturated rings. The fourth-order valence-corrected chi connectivity index (χ4v) is 1.93. The maximum Gasteiger partial charge on any atom is 0.306 e. The van der Waals surface area contributed by atoms with Crippen LogP contribution in [0.5, 0.6) is 5.75 Å². The van der Waals surface area contributed by atoms with E-state index >= 15 is 0 Å². The summed E-state index contributed by atoms with van der Waals surface area (Å²) in [5.74, 6) is -0.539. The molecule has 0 aliphatic heterocycles. The number of rotatable bonds is 3. The van der Waals surface area contributed by atoms with E-state index in [-0.39, 0.29) is 12.0 Å². The lowest BCUT2D eigenvalue weighted by Crippen LogP contribution is -2.38. The number of carboxylic acid groups (broad SMARTS) is 1. The molecule has 0 amide bonds. The van der Waals surface area contributed by atoms with Crippen LogP contribution in [0.25, 0.3) is 0 Å². The predicted octanol–water partition coefficient (Wildman–Crippen LogP) is 3.24. The standard InChI is InChI=1S/C11H10Cl2O3/c12-7-1-2-9(13)10(5-7)16-8-3-6(4-8)11(14)15/h1-2,5-6,8H,3-4H2,(H,14,15). The van der Waals surface area contributed by atoms with E-state index in [1.165, 1.54) is 0 Å². The summed E-state index contributed by atoms with van der Waals surface area (Å²) in [6.45, 7) is 0. The Labute approximate surface area is 103 Å². The maximum atomic E-state index is 10.6. The average molecular weight is 261 g/mol. The van der Waals surface area contributed by atoms with Gasteiger partial charge in [0.1, 0.15) is 11.9 Å². The molecule has 0 aromatic heterocycles. The SMILES string of the molecule is O=C(O)C1CC(Oc2cc(Cl)ccc2Cl)C1. The predicted molar refractivity (Wildman–Crippen MR) is 61.2 cm³/mol. The van der Waals surface area contributed by atoms with Crippen LogP contribution in [-0.2, 0) is 4.79 Å². The van der Waals surface area contributed by atoms with E-state index in [0.717, 1.165) is 0 Å². The highest BCUT2D eigenvalue weighted by molar-refractivity contribution is 6.34. The van der Waals surface area contributed by atoms with Crippen LogP contribution in [0.15, 0.2) is 18.2 Å². The maximum absolute atomic E-state index is 10.6. The fraction of sp³-hybridized carbons (Fsp3) is 0.364. The molecule has 1 N–H and O–H groups in total. The van der Waals surface area contributed by atoms with Gasteiger partial charge in [0.2, 0.25) is 0 Å². The topological polar surface area (TPSA) is 46.5 Å². The van der Waals surface area contributed by atoms with E-state index in [4.69, 9.17) is 33.0 Å². The zero-order valence-electron chi connectivity index (χ0n) is 8.32. The number of aliphatic carboxylic acids is 1. The molecule has 1 aromatic rings. The summed E-state index contributed by atoms with van der Waals surface area (Å²) in [7, 11) is 0. The van der Waals surface area contributed by atoms with Gasteiger partial charge >= 0.3 is 5.97 Å². The van der Waals surface area contributed by atoms with Crippen molar-refractivity contribution in [2.45, 2.75) is 18.9 Å². The zero-order valence-corrected chi connectivity index (χ0v) is 9.83. The van der Waals surface area contributed by atoms with Crippen LogP contribution in [0, 0.1) is 5.92 Å². The molecule has 1 saturated carbocycles. The first-order valence-electron chi connectivity index (χ1n) is 4.91. The highest BCUT2D eigenvalue weighted by Crippen LogP contribution is 2.35. The van der Waals surface area contributed by atoms with Crippen molar-refractivity contribution in [2.75, 3.05) is 0 Å². The lowest BCUT2D eigenvalue weighted by molar-refractivity contribution is -0.147. The van der Waals surface area contributed by atoms with E-state index in [2.05, 4.69) is 0 Å². The number of carbonyl (C=O) groups is 1. The number of hydrogen-bond acceptors (Lipinski definition) is 2. The van der Waals surface area contributed by atoms with Gasteiger partial charge in [-0.05, 0) is 25.0 Å². The Balaban J connectivity index is 1.96. The van der Waals surface area contributed by atoms with Gasteiger partial charge in [-0.15, -0.1) is 0 Å². The van der Waals surface area contributed by atoms with Crippen LogP contribution in [0.3, 0.4) is 0 Å². The van der Waals surface area contributed by atoms with Gasteiger partial charge in [-0.3, -0.25) is 4.79 Å². The quantitative estimate of drug-likeness (QED) is 0.908. The molecular formula is C11H10Cl2O3. The molecule has 5 heteroatoms. The Bertz CT molecular complexity index is 414. The van der Waals surface area contributed by atoms with Gasteiger partial charge in [-0.2, -0.15) is 0 Å². The second kappa shape index (κ2) is 4.52. The van der Waals surface area contributed by atoms with E-state index < -0.39 is 5.97 Å². The summed E-state index contributed by atoms with van der Waals surface area (Å²) in [6.07, 6.45) is 0.980. The number of benzene rings is 1. The lowest BCUT2D eigenvalue weighted by atomic mass is 9.82. The van der Waals surface area contributed by atoms with Crippen LogP contribution in [0.1, 0.15) is 12.8 Å². The number of hydrogen-bond donors (Lipinski definition) is 1. The third kappa shape index (κ3) is 2.42. The molecule has 0 radical (unpaired) electrons. The largest absolute Gasteiger partial charge is 0.489 e. The molecular weight excluding hydrogens is 251 g/mol. The van der Waals surface area contributed by atoms with Crippen LogP contribution in [-0.4, -0.2) is 17.2 Å². The third-order valence-electron chi connectivity index (χ3n) is 2.63. The summed E-state index contributed by atoms with van der Waals surface area (Å²) >= 11 is 11.7. The van der Waals surface area contributed by atoms with Crippen molar-refractivity contribution in [3.63, 3.8) is 0 Å². The molecule has 0 saturated heterocycles. The number of ether oxygens (including phenoxy) is 1. The molecule has 1 aliphatic carbocycles. The fourth-order valence-electron chi connectivity index (χ4n) is 1.61. The molecule has 86 valence electrons. The van der Waals surface area contributed by atoms with Gasteiger partial charge in [0.15, 0.2) is 0 Å². The smallest absolute Gasteiger partial charge is 0.306 e. The second-order valence-corrected chi connectivity index (χ2v) is 4.66. The van der Waals surface area contributed by atoms with Crippen molar-refractivity contribution in [1.82, 2.24) is 0 Å². The van der Waals surface area contributed by atoms with Gasteiger partial charge in [-0.25, -0.2) is 0 Å². The van der Waals surface area contributed by atoms with Gasteiger partial charge in [0, 0.05) is 11.1 Å². The highest BCUT2D eigenvalue weighted by atomic mass is 35.5. The van der Waals surface area contributed by atoms with Gasteiger partial charge < -0.3 is 9.84 Å². The molecule has 0 heterocycles. The highest BCUT2D eigenvalue weighted by Gasteiger charge is 2.36. The zero-order chi connectivity index (χ0) is 11.7. The van der Waals surface area contributed by atoms with E-state index in [1.54, 1.807) is 18.2 Å². The minimum atomic E-state index is -0.767. The Kier molecular flexibility index (Phi) is 3.26. The van der Waals surface area contributed by atoms with Crippen molar-refractivity contribution in [1.29, 1.82) is 0 Å². The Morgan fingerprint density at radius 1 is 1.38 bits per heavy atom. The monoisotopic (exact) mass is 260 g/mol. The van der Waals surface area contributed by atoms with Gasteiger partial charge in [0.25, 0.3) is 0 Å². The Morgan fingerprint density at radius 2 is 2.06 bits per heavy atom. The summed E-state index contributed by atoms with van der Waals surface area (Å²) in [5, 5.41) is 9.75. The van der Waals surface area contributed by atoms with Crippen molar-refractivity contribution in [3.05, 3.63) is 28.2 Å². The van der Waals surface area contributed by atoms with Crippen LogP contribution in [0.2, 0.25) is 10.0 Å². The molecule has 3 nitrogen and oxygen atoms in total. The average Bonchev–Trinajstić information content (AvgIpc) is 2.15. The lowest BCUT2D eigenvalue weighted by Gasteiger charge is -2.32. The van der Waals surface area contributed by atoms with Gasteiger partial charge in [0.05, 0.1) is 10.9 Å². The first-order valence-corrected chi connectivity index (χ1v) is 5.66. The molecule has 0 spiro atoms. The van der Waals surface area contributed by atoms with E-state index in [9.17, 15) is 4.79 Å². The van der Waals surface area contributed by atoms with Crippen molar-refractivity contribution >= 4 is 29.2 Å². The number of halogens is 2. The third-order valence-corrected chi connectivity index (χ3v) is 3.18. The summed E-state index contributed by atoms with van der Waals surface area (Å²) in [6, 6.07) is 4.97. The number of carboxylic acids is 1. The summed E-state index contributed by atoms with van der Waals surface area (Å²) in [4.78, 5) is 10.6. The molecule has 1 aromatic carbocycles. The van der Waals surface area contributed by atoms with Crippen LogP contribution < -0.4 is 4.74 Å². The Hall–Kier alpha value is -0.930. The first-order chi connectivity index (χ1) is 7.56. The van der Waals surface area contributed by atoms with E-state index in [1.807, 2.05) is 0 Å². The molecule has 0 atom stereocenters. The minimum absolute atomic E-state index is 0.0722. The first kappa shape index (κ1) is 11.6. The van der Waals surface area contributed by atoms with Crippen LogP contribution >= 0.6 is 23.2 Å².